The first kappa shape index (κ1) is 14.1. The molecule has 0 spiro atoms. The van der Waals surface area contributed by atoms with Crippen molar-refractivity contribution < 1.29 is 9.32 Å². The fraction of sp³-hybridized carbons (Fsp3) is 0.267. The van der Waals surface area contributed by atoms with Crippen LogP contribution in [0.5, 0.6) is 0 Å². The van der Waals surface area contributed by atoms with Gasteiger partial charge in [-0.3, -0.25) is 13.9 Å². The molecule has 3 aromatic rings. The summed E-state index contributed by atoms with van der Waals surface area (Å²) < 4.78 is 8.05. The average molecular weight is 300 g/mol. The molecular formula is C15H16N4O3. The predicted molar refractivity (Wildman–Crippen MR) is 81.7 cm³/mol. The third-order valence-corrected chi connectivity index (χ3v) is 3.60. The molecule has 0 aliphatic carbocycles. The van der Waals surface area contributed by atoms with E-state index in [0.717, 1.165) is 16.6 Å². The second-order valence-corrected chi connectivity index (χ2v) is 5.27. The molecule has 0 aliphatic heterocycles. The molecular weight excluding hydrogens is 284 g/mol. The van der Waals surface area contributed by atoms with Crippen LogP contribution in [0.2, 0.25) is 0 Å². The van der Waals surface area contributed by atoms with Crippen LogP contribution in [-0.2, 0) is 25.3 Å². The summed E-state index contributed by atoms with van der Waals surface area (Å²) in [5.41, 5.74) is 2.37. The van der Waals surface area contributed by atoms with Crippen LogP contribution in [-0.4, -0.2) is 20.2 Å². The highest BCUT2D eigenvalue weighted by Crippen LogP contribution is 2.15. The zero-order valence-electron chi connectivity index (χ0n) is 12.6. The van der Waals surface area contributed by atoms with E-state index in [9.17, 15) is 9.59 Å². The second-order valence-electron chi connectivity index (χ2n) is 5.27. The van der Waals surface area contributed by atoms with Gasteiger partial charge in [-0.2, -0.15) is 0 Å². The minimum Gasteiger partial charge on any atom is -0.360 e. The quantitative estimate of drug-likeness (QED) is 0.791. The number of carbonyl (C=O) groups is 1. The Morgan fingerprint density at radius 3 is 2.64 bits per heavy atom. The number of aryl methyl sites for hydroxylation is 3. The number of imidazole rings is 1. The number of nitrogens with one attached hydrogen (secondary N) is 1. The van der Waals surface area contributed by atoms with E-state index in [2.05, 4.69) is 10.5 Å². The van der Waals surface area contributed by atoms with Crippen LogP contribution in [0.25, 0.3) is 11.0 Å². The fourth-order valence-corrected chi connectivity index (χ4v) is 2.46. The number of hydrogen-bond donors (Lipinski definition) is 1. The predicted octanol–water partition coefficient (Wildman–Crippen LogP) is 1.35. The van der Waals surface area contributed by atoms with Gasteiger partial charge >= 0.3 is 5.69 Å². The van der Waals surface area contributed by atoms with E-state index in [1.807, 2.05) is 18.2 Å². The van der Waals surface area contributed by atoms with E-state index in [-0.39, 0.29) is 18.0 Å². The van der Waals surface area contributed by atoms with Crippen LogP contribution < -0.4 is 11.0 Å². The van der Waals surface area contributed by atoms with Gasteiger partial charge < -0.3 is 9.84 Å². The highest BCUT2D eigenvalue weighted by Gasteiger charge is 2.11. The maximum Gasteiger partial charge on any atom is 0.328 e. The highest BCUT2D eigenvalue weighted by molar-refractivity contribution is 5.92. The Morgan fingerprint density at radius 1 is 1.23 bits per heavy atom. The molecule has 7 nitrogen and oxygen atoms in total. The summed E-state index contributed by atoms with van der Waals surface area (Å²) in [4.78, 5) is 23.9. The Morgan fingerprint density at radius 2 is 1.95 bits per heavy atom. The Balaban J connectivity index is 1.83. The van der Waals surface area contributed by atoms with E-state index in [0.29, 0.717) is 11.6 Å². The monoisotopic (exact) mass is 300 g/mol. The van der Waals surface area contributed by atoms with Gasteiger partial charge in [-0.1, -0.05) is 11.2 Å². The van der Waals surface area contributed by atoms with E-state index in [4.69, 9.17) is 4.52 Å². The van der Waals surface area contributed by atoms with Gasteiger partial charge in [-0.05, 0) is 24.6 Å². The normalized spacial score (nSPS) is 11.0. The Labute approximate surface area is 126 Å². The molecule has 0 aliphatic rings. The van der Waals surface area contributed by atoms with Crippen LogP contribution in [0.3, 0.4) is 0 Å². The first-order valence-electron chi connectivity index (χ1n) is 6.83. The molecule has 0 unspecified atom stereocenters. The standard InChI is InChI=1S/C15H16N4O3/c1-9-6-13(17-22-9)16-14(20)8-10-4-5-11-12(7-10)19(3)15(21)18(11)2/h4-7H,8H2,1-3H3,(H,16,17,20). The van der Waals surface area contributed by atoms with E-state index in [1.54, 1.807) is 36.2 Å². The number of aromatic nitrogens is 3. The van der Waals surface area contributed by atoms with E-state index in [1.165, 1.54) is 0 Å². The van der Waals surface area contributed by atoms with Crippen LogP contribution in [0.4, 0.5) is 5.82 Å². The summed E-state index contributed by atoms with van der Waals surface area (Å²) in [6, 6.07) is 7.20. The van der Waals surface area contributed by atoms with E-state index >= 15 is 0 Å². The molecule has 7 heteroatoms. The minimum atomic E-state index is -0.186. The summed E-state index contributed by atoms with van der Waals surface area (Å²) in [6.45, 7) is 1.76. The number of rotatable bonds is 3. The number of amides is 1. The topological polar surface area (TPSA) is 82.1 Å². The summed E-state index contributed by atoms with van der Waals surface area (Å²) in [7, 11) is 3.44. The zero-order chi connectivity index (χ0) is 15.9. The summed E-state index contributed by atoms with van der Waals surface area (Å²) in [6.07, 6.45) is 0.199. The molecule has 0 saturated heterocycles. The lowest BCUT2D eigenvalue weighted by atomic mass is 10.1. The molecule has 2 heterocycles. The molecule has 0 atom stereocenters. The molecule has 1 N–H and O–H groups in total. The van der Waals surface area contributed by atoms with Gasteiger partial charge in [-0.25, -0.2) is 4.79 Å². The number of anilines is 1. The summed E-state index contributed by atoms with van der Waals surface area (Å²) >= 11 is 0. The molecule has 114 valence electrons. The van der Waals surface area contributed by atoms with Gasteiger partial charge in [0.25, 0.3) is 0 Å². The molecule has 22 heavy (non-hydrogen) atoms. The lowest BCUT2D eigenvalue weighted by Crippen LogP contribution is -2.19. The van der Waals surface area contributed by atoms with Gasteiger partial charge in [0, 0.05) is 20.2 Å². The van der Waals surface area contributed by atoms with Crippen molar-refractivity contribution in [3.8, 4) is 0 Å². The molecule has 1 aromatic carbocycles. The van der Waals surface area contributed by atoms with Gasteiger partial charge in [0.05, 0.1) is 17.5 Å². The fourth-order valence-electron chi connectivity index (χ4n) is 2.46. The zero-order valence-corrected chi connectivity index (χ0v) is 12.6. The average Bonchev–Trinajstić information content (AvgIpc) is 2.97. The van der Waals surface area contributed by atoms with Crippen molar-refractivity contribution in [3.63, 3.8) is 0 Å². The van der Waals surface area contributed by atoms with E-state index < -0.39 is 0 Å². The molecule has 0 radical (unpaired) electrons. The Hall–Kier alpha value is -2.83. The largest absolute Gasteiger partial charge is 0.360 e. The highest BCUT2D eigenvalue weighted by atomic mass is 16.5. The summed E-state index contributed by atoms with van der Waals surface area (Å²) in [5, 5.41) is 6.39. The molecule has 1 amide bonds. The first-order valence-corrected chi connectivity index (χ1v) is 6.83. The molecule has 0 bridgehead atoms. The Bertz CT molecular complexity index is 917. The van der Waals surface area contributed by atoms with Crippen LogP contribution in [0, 0.1) is 6.92 Å². The van der Waals surface area contributed by atoms with Crippen molar-refractivity contribution in [2.75, 3.05) is 5.32 Å². The third-order valence-electron chi connectivity index (χ3n) is 3.60. The van der Waals surface area contributed by atoms with Gasteiger partial charge in [0.2, 0.25) is 5.91 Å². The Kier molecular flexibility index (Phi) is 3.32. The van der Waals surface area contributed by atoms with Crippen molar-refractivity contribution in [1.29, 1.82) is 0 Å². The van der Waals surface area contributed by atoms with Crippen LogP contribution >= 0.6 is 0 Å². The molecule has 0 saturated carbocycles. The van der Waals surface area contributed by atoms with Crippen molar-refractivity contribution in [1.82, 2.24) is 14.3 Å². The molecule has 3 rings (SSSR count). The van der Waals surface area contributed by atoms with Crippen LogP contribution in [0.15, 0.2) is 33.6 Å². The molecule has 2 aromatic heterocycles. The lowest BCUT2D eigenvalue weighted by Gasteiger charge is -2.03. The van der Waals surface area contributed by atoms with Crippen molar-refractivity contribution >= 4 is 22.8 Å². The number of carbonyl (C=O) groups excluding carboxylic acids is 1. The molecule has 0 fully saturated rings. The first-order chi connectivity index (χ1) is 10.5. The maximum atomic E-state index is 12.0. The van der Waals surface area contributed by atoms with Crippen LogP contribution in [0.1, 0.15) is 11.3 Å². The van der Waals surface area contributed by atoms with Crippen molar-refractivity contribution in [2.45, 2.75) is 13.3 Å². The maximum absolute atomic E-state index is 12.0. The van der Waals surface area contributed by atoms with Crippen molar-refractivity contribution in [3.05, 3.63) is 46.1 Å². The van der Waals surface area contributed by atoms with Gasteiger partial charge in [0.15, 0.2) is 5.82 Å². The lowest BCUT2D eigenvalue weighted by molar-refractivity contribution is -0.115. The number of benzene rings is 1. The number of nitrogens with zero attached hydrogens (tertiary/aromatic N) is 3. The van der Waals surface area contributed by atoms with Gasteiger partial charge in [0.1, 0.15) is 5.76 Å². The third kappa shape index (κ3) is 2.41. The number of hydrogen-bond acceptors (Lipinski definition) is 4. The smallest absolute Gasteiger partial charge is 0.328 e. The second kappa shape index (κ2) is 5.18. The summed E-state index contributed by atoms with van der Waals surface area (Å²) in [5.74, 6) is 0.847. The van der Waals surface area contributed by atoms with Gasteiger partial charge in [-0.15, -0.1) is 0 Å². The number of fused-ring (bicyclic) bond motifs is 1. The van der Waals surface area contributed by atoms with Crippen molar-refractivity contribution in [2.24, 2.45) is 14.1 Å². The minimum absolute atomic E-state index is 0.0883. The SMILES string of the molecule is Cc1cc(NC(=O)Cc2ccc3c(c2)n(C)c(=O)n3C)no1.